The molecule has 7 atom stereocenters. The van der Waals surface area contributed by atoms with Crippen molar-refractivity contribution in [3.8, 4) is 0 Å². The second kappa shape index (κ2) is 6.41. The minimum absolute atomic E-state index is 0.0904. The van der Waals surface area contributed by atoms with Gasteiger partial charge in [-0.25, -0.2) is 0 Å². The number of esters is 1. The van der Waals surface area contributed by atoms with Gasteiger partial charge in [0.15, 0.2) is 0 Å². The average Bonchev–Trinajstić information content (AvgIpc) is 3.17. The first-order valence-corrected chi connectivity index (χ1v) is 10.1. The number of hydrogen-bond donors (Lipinski definition) is 0. The summed E-state index contributed by atoms with van der Waals surface area (Å²) in [6.07, 6.45) is 8.91. The van der Waals surface area contributed by atoms with Gasteiger partial charge < -0.3 is 4.74 Å². The van der Waals surface area contributed by atoms with E-state index in [2.05, 4.69) is 34.6 Å². The zero-order chi connectivity index (χ0) is 16.8. The molecular weight excluding hydrogens is 284 g/mol. The highest BCUT2D eigenvalue weighted by molar-refractivity contribution is 5.77. The van der Waals surface area contributed by atoms with Crippen LogP contribution >= 0.6 is 0 Å². The van der Waals surface area contributed by atoms with Crippen LogP contribution in [0.2, 0.25) is 0 Å². The maximum absolute atomic E-state index is 13.1. The monoisotopic (exact) mass is 320 g/mol. The molecule has 0 spiro atoms. The Balaban J connectivity index is 1.68. The normalized spacial score (nSPS) is 39.3. The summed E-state index contributed by atoms with van der Waals surface area (Å²) in [7, 11) is 0. The van der Waals surface area contributed by atoms with Gasteiger partial charge in [-0.1, -0.05) is 40.5 Å². The van der Waals surface area contributed by atoms with Crippen molar-refractivity contribution in [3.05, 3.63) is 0 Å². The van der Waals surface area contributed by atoms with Gasteiger partial charge in [0.05, 0.1) is 5.41 Å². The smallest absolute Gasteiger partial charge is 0.312 e. The highest BCUT2D eigenvalue weighted by Crippen LogP contribution is 2.59. The van der Waals surface area contributed by atoms with E-state index in [1.54, 1.807) is 0 Å². The summed E-state index contributed by atoms with van der Waals surface area (Å²) in [5, 5.41) is 0. The van der Waals surface area contributed by atoms with E-state index in [-0.39, 0.29) is 17.5 Å². The lowest BCUT2D eigenvalue weighted by Gasteiger charge is -2.38. The molecule has 7 unspecified atom stereocenters. The fourth-order valence-electron chi connectivity index (χ4n) is 6.20. The lowest BCUT2D eigenvalue weighted by molar-refractivity contribution is -0.169. The minimum Gasteiger partial charge on any atom is -0.462 e. The Morgan fingerprint density at radius 3 is 2.48 bits per heavy atom. The van der Waals surface area contributed by atoms with E-state index in [0.717, 1.165) is 37.0 Å². The van der Waals surface area contributed by atoms with Gasteiger partial charge in [-0.2, -0.15) is 0 Å². The van der Waals surface area contributed by atoms with Crippen molar-refractivity contribution in [1.29, 1.82) is 0 Å². The van der Waals surface area contributed by atoms with Crippen molar-refractivity contribution in [1.82, 2.24) is 0 Å². The largest absolute Gasteiger partial charge is 0.462 e. The fourth-order valence-corrected chi connectivity index (χ4v) is 6.20. The van der Waals surface area contributed by atoms with E-state index in [4.69, 9.17) is 4.74 Å². The van der Waals surface area contributed by atoms with Crippen molar-refractivity contribution in [2.45, 2.75) is 85.7 Å². The molecule has 2 nitrogen and oxygen atoms in total. The SMILES string of the molecule is CCC(C)C(C)(CC(C)C)C(=O)OC1CC2CC1C1CCCC21. The van der Waals surface area contributed by atoms with Gasteiger partial charge in [0.1, 0.15) is 6.10 Å². The zero-order valence-electron chi connectivity index (χ0n) is 15.8. The Bertz CT molecular complexity index is 443. The number of carbonyl (C=O) groups excluding carboxylic acids is 1. The highest BCUT2D eigenvalue weighted by Gasteiger charge is 2.56. The maximum Gasteiger partial charge on any atom is 0.312 e. The van der Waals surface area contributed by atoms with Crippen LogP contribution in [0, 0.1) is 40.9 Å². The van der Waals surface area contributed by atoms with Crippen LogP contribution in [-0.2, 0) is 9.53 Å². The van der Waals surface area contributed by atoms with Gasteiger partial charge in [0.25, 0.3) is 0 Å². The van der Waals surface area contributed by atoms with Gasteiger partial charge in [-0.15, -0.1) is 0 Å². The predicted octanol–water partition coefficient (Wildman–Crippen LogP) is 5.45. The van der Waals surface area contributed by atoms with Crippen LogP contribution in [0.4, 0.5) is 0 Å². The van der Waals surface area contributed by atoms with Crippen LogP contribution in [0.25, 0.3) is 0 Å². The first kappa shape index (κ1) is 17.3. The fraction of sp³-hybridized carbons (Fsp3) is 0.952. The Hall–Kier alpha value is -0.530. The molecule has 0 saturated heterocycles. The van der Waals surface area contributed by atoms with Gasteiger partial charge in [-0.3, -0.25) is 4.79 Å². The number of carbonyl (C=O) groups is 1. The maximum atomic E-state index is 13.1. The van der Waals surface area contributed by atoms with E-state index < -0.39 is 0 Å². The molecule has 0 aliphatic heterocycles. The molecule has 0 aromatic rings. The quantitative estimate of drug-likeness (QED) is 0.608. The lowest BCUT2D eigenvalue weighted by Crippen LogP contribution is -2.41. The molecule has 23 heavy (non-hydrogen) atoms. The summed E-state index contributed by atoms with van der Waals surface area (Å²) in [6.45, 7) is 11.0. The first-order chi connectivity index (χ1) is 10.9. The summed E-state index contributed by atoms with van der Waals surface area (Å²) in [4.78, 5) is 13.1. The van der Waals surface area contributed by atoms with Crippen molar-refractivity contribution in [3.63, 3.8) is 0 Å². The summed E-state index contributed by atoms with van der Waals surface area (Å²) in [5.74, 6) is 4.36. The van der Waals surface area contributed by atoms with E-state index >= 15 is 0 Å². The van der Waals surface area contributed by atoms with Crippen molar-refractivity contribution in [2.75, 3.05) is 0 Å². The molecule has 3 fully saturated rings. The minimum atomic E-state index is -0.320. The third-order valence-corrected chi connectivity index (χ3v) is 7.62. The van der Waals surface area contributed by atoms with Crippen LogP contribution in [-0.4, -0.2) is 12.1 Å². The van der Waals surface area contributed by atoms with Crippen molar-refractivity contribution in [2.24, 2.45) is 40.9 Å². The van der Waals surface area contributed by atoms with E-state index in [0.29, 0.717) is 17.8 Å². The second-order valence-corrected chi connectivity index (χ2v) is 9.42. The average molecular weight is 321 g/mol. The molecular formula is C21H36O2. The Morgan fingerprint density at radius 2 is 1.83 bits per heavy atom. The van der Waals surface area contributed by atoms with Crippen LogP contribution in [0.3, 0.4) is 0 Å². The van der Waals surface area contributed by atoms with E-state index in [1.807, 2.05) is 0 Å². The molecule has 0 aromatic heterocycles. The first-order valence-electron chi connectivity index (χ1n) is 10.1. The Kier molecular flexibility index (Phi) is 4.82. The van der Waals surface area contributed by atoms with Crippen molar-refractivity contribution < 1.29 is 9.53 Å². The van der Waals surface area contributed by atoms with Crippen LogP contribution in [0.5, 0.6) is 0 Å². The molecule has 0 heterocycles. The molecule has 0 amide bonds. The third kappa shape index (κ3) is 2.96. The Morgan fingerprint density at radius 1 is 1.13 bits per heavy atom. The number of hydrogen-bond acceptors (Lipinski definition) is 2. The highest BCUT2D eigenvalue weighted by atomic mass is 16.5. The molecule has 2 heteroatoms. The molecule has 0 radical (unpaired) electrons. The molecule has 3 rings (SSSR count). The number of ether oxygens (including phenoxy) is 1. The van der Waals surface area contributed by atoms with Gasteiger partial charge in [0.2, 0.25) is 0 Å². The topological polar surface area (TPSA) is 26.3 Å². The van der Waals surface area contributed by atoms with Gasteiger partial charge >= 0.3 is 5.97 Å². The van der Waals surface area contributed by atoms with Crippen LogP contribution < -0.4 is 0 Å². The van der Waals surface area contributed by atoms with E-state index in [1.165, 1.54) is 25.7 Å². The summed E-state index contributed by atoms with van der Waals surface area (Å²) < 4.78 is 6.20. The molecule has 0 N–H and O–H groups in total. The van der Waals surface area contributed by atoms with Crippen LogP contribution in [0.1, 0.15) is 79.6 Å². The van der Waals surface area contributed by atoms with Crippen molar-refractivity contribution >= 4 is 5.97 Å². The molecule has 132 valence electrons. The second-order valence-electron chi connectivity index (χ2n) is 9.42. The Labute approximate surface area is 142 Å². The molecule has 3 aliphatic rings. The standard InChI is InChI=1S/C21H36O2/c1-6-14(4)21(5,12-13(2)3)20(22)23-19-11-15-10-18(19)17-9-7-8-16(15)17/h13-19H,6-12H2,1-5H3. The summed E-state index contributed by atoms with van der Waals surface area (Å²) in [6, 6.07) is 0. The molecule has 2 bridgehead atoms. The van der Waals surface area contributed by atoms with Gasteiger partial charge in [0, 0.05) is 0 Å². The van der Waals surface area contributed by atoms with Gasteiger partial charge in [-0.05, 0) is 74.5 Å². The zero-order valence-corrected chi connectivity index (χ0v) is 15.8. The third-order valence-electron chi connectivity index (χ3n) is 7.62. The van der Waals surface area contributed by atoms with E-state index in [9.17, 15) is 4.79 Å². The molecule has 3 saturated carbocycles. The molecule has 3 aliphatic carbocycles. The lowest BCUT2D eigenvalue weighted by atomic mass is 9.71. The number of fused-ring (bicyclic) bond motifs is 5. The summed E-state index contributed by atoms with van der Waals surface area (Å²) >= 11 is 0. The van der Waals surface area contributed by atoms with Crippen LogP contribution in [0.15, 0.2) is 0 Å². The predicted molar refractivity (Wildman–Crippen MR) is 93.9 cm³/mol. The summed E-state index contributed by atoms with van der Waals surface area (Å²) in [5.41, 5.74) is -0.320. The number of rotatable bonds is 6. The molecule has 0 aromatic carbocycles.